The van der Waals surface area contributed by atoms with Crippen LogP contribution >= 0.6 is 45.2 Å². The minimum atomic E-state index is -4.53. The number of aliphatic hydroxyl groups is 1. The van der Waals surface area contributed by atoms with Gasteiger partial charge in [0.1, 0.15) is 5.75 Å². The van der Waals surface area contributed by atoms with E-state index in [2.05, 4.69) is 5.32 Å². The molecule has 1 aromatic rings. The zero-order valence-electron chi connectivity index (χ0n) is 12.3. The number of nitrogens with one attached hydrogen (secondary N) is 1. The van der Waals surface area contributed by atoms with Crippen molar-refractivity contribution in [1.82, 2.24) is 0 Å². The fraction of sp³-hybridized carbons (Fsp3) is 0.538. The molecule has 0 aliphatic rings. The van der Waals surface area contributed by atoms with E-state index in [1.165, 1.54) is 7.11 Å². The number of halogens is 5. The zero-order valence-corrected chi connectivity index (χ0v) is 16.6. The van der Waals surface area contributed by atoms with Gasteiger partial charge in [-0.05, 0) is 55.5 Å². The summed E-state index contributed by atoms with van der Waals surface area (Å²) in [4.78, 5) is 0. The Bertz CT molecular complexity index is 543. The predicted molar refractivity (Wildman–Crippen MR) is 94.1 cm³/mol. The fourth-order valence-electron chi connectivity index (χ4n) is 1.60. The summed E-state index contributed by atoms with van der Waals surface area (Å²) >= 11 is 3.41. The summed E-state index contributed by atoms with van der Waals surface area (Å²) in [7, 11) is 1.28. The number of benzene rings is 1. The summed E-state index contributed by atoms with van der Waals surface area (Å²) in [6, 6.07) is 1.81. The van der Waals surface area contributed by atoms with Crippen molar-refractivity contribution in [2.75, 3.05) is 12.4 Å². The number of alkyl halides is 4. The highest BCUT2D eigenvalue weighted by atomic mass is 127. The number of ether oxygens (including phenoxy) is 2. The molecule has 0 saturated heterocycles. The topological polar surface area (TPSA) is 50.7 Å². The number of methoxy groups -OCH3 is 1. The highest BCUT2D eigenvalue weighted by Gasteiger charge is 2.35. The maximum Gasteiger partial charge on any atom is 0.416 e. The molecule has 126 valence electrons. The lowest BCUT2D eigenvalue weighted by atomic mass is 10.1. The third-order valence-electron chi connectivity index (χ3n) is 2.32. The molecule has 0 radical (unpaired) electrons. The van der Waals surface area contributed by atoms with Gasteiger partial charge in [0.2, 0.25) is 0 Å². The van der Waals surface area contributed by atoms with Gasteiger partial charge >= 0.3 is 10.1 Å². The van der Waals surface area contributed by atoms with E-state index in [-0.39, 0.29) is 11.4 Å². The Morgan fingerprint density at radius 2 is 1.73 bits per heavy atom. The molecular formula is C13H16F3I2NO3. The smallest absolute Gasteiger partial charge is 0.416 e. The van der Waals surface area contributed by atoms with Gasteiger partial charge in [-0.1, -0.05) is 0 Å². The first kappa shape index (κ1) is 20.0. The molecule has 22 heavy (non-hydrogen) atoms. The third-order valence-corrected chi connectivity index (χ3v) is 3.92. The quantitative estimate of drug-likeness (QED) is 0.252. The molecule has 0 fully saturated rings. The van der Waals surface area contributed by atoms with Gasteiger partial charge in [0.25, 0.3) is 0 Å². The summed E-state index contributed by atoms with van der Waals surface area (Å²) in [5, 5.41) is 12.8. The first-order valence-electron chi connectivity index (χ1n) is 6.09. The predicted octanol–water partition coefficient (Wildman–Crippen LogP) is 4.58. The molecular weight excluding hydrogens is 529 g/mol. The van der Waals surface area contributed by atoms with Crippen LogP contribution in [0.2, 0.25) is 0 Å². The molecule has 0 aliphatic carbocycles. The van der Waals surface area contributed by atoms with Gasteiger partial charge in [0, 0.05) is 22.6 Å². The molecule has 1 atom stereocenters. The minimum absolute atomic E-state index is 0.0564. The largest absolute Gasteiger partial charge is 0.496 e. The van der Waals surface area contributed by atoms with Crippen molar-refractivity contribution in [3.05, 3.63) is 21.3 Å². The summed E-state index contributed by atoms with van der Waals surface area (Å²) in [6.07, 6.45) is -4.53. The number of hydrogen-bond acceptors (Lipinski definition) is 4. The maximum absolute atomic E-state index is 12.9. The molecule has 1 aromatic carbocycles. The SMILES string of the molecule is COc1cc(C(F)(F)F)cc(NC(O)(I)OC(C)(C)C)c1I. The molecule has 0 bridgehead atoms. The molecule has 0 aliphatic heterocycles. The number of hydrogen-bond donors (Lipinski definition) is 2. The Labute approximate surface area is 154 Å². The van der Waals surface area contributed by atoms with E-state index in [9.17, 15) is 18.3 Å². The van der Waals surface area contributed by atoms with Gasteiger partial charge in [-0.25, -0.2) is 0 Å². The Balaban J connectivity index is 3.23. The molecule has 1 unspecified atom stereocenters. The molecule has 0 amide bonds. The molecule has 0 saturated carbocycles. The Morgan fingerprint density at radius 1 is 1.18 bits per heavy atom. The summed E-state index contributed by atoms with van der Waals surface area (Å²) in [5.41, 5.74) is -1.51. The lowest BCUT2D eigenvalue weighted by Gasteiger charge is -2.32. The lowest BCUT2D eigenvalue weighted by Crippen LogP contribution is -2.41. The van der Waals surface area contributed by atoms with E-state index in [1.807, 2.05) is 22.6 Å². The maximum atomic E-state index is 12.9. The van der Waals surface area contributed by atoms with Crippen molar-refractivity contribution < 1.29 is 27.8 Å². The van der Waals surface area contributed by atoms with Gasteiger partial charge in [-0.3, -0.25) is 0 Å². The lowest BCUT2D eigenvalue weighted by molar-refractivity contribution is -0.162. The van der Waals surface area contributed by atoms with E-state index >= 15 is 0 Å². The van der Waals surface area contributed by atoms with E-state index in [0.717, 1.165) is 12.1 Å². The van der Waals surface area contributed by atoms with E-state index in [0.29, 0.717) is 3.57 Å². The second-order valence-electron chi connectivity index (χ2n) is 5.44. The second kappa shape index (κ2) is 6.85. The van der Waals surface area contributed by atoms with Gasteiger partial charge in [-0.15, -0.1) is 0 Å². The molecule has 0 aromatic heterocycles. The van der Waals surface area contributed by atoms with Crippen LogP contribution in [0, 0.1) is 3.57 Å². The fourth-order valence-corrected chi connectivity index (χ4v) is 3.22. The highest BCUT2D eigenvalue weighted by Crippen LogP contribution is 2.39. The van der Waals surface area contributed by atoms with Crippen molar-refractivity contribution in [2.45, 2.75) is 36.5 Å². The first-order chi connectivity index (χ1) is 9.75. The van der Waals surface area contributed by atoms with Crippen molar-refractivity contribution in [2.24, 2.45) is 0 Å². The standard InChI is InChI=1S/C13H16F3I2NO3/c1-11(2,3)22-13(18,20)19-8-5-7(12(14,15)16)6-9(21-4)10(8)17/h5-6,19-20H,1-4H3. The van der Waals surface area contributed by atoms with Crippen LogP contribution in [0.3, 0.4) is 0 Å². The molecule has 4 nitrogen and oxygen atoms in total. The van der Waals surface area contributed by atoms with Crippen LogP contribution in [0.4, 0.5) is 18.9 Å². The van der Waals surface area contributed by atoms with Crippen molar-refractivity contribution >= 4 is 50.9 Å². The molecule has 2 N–H and O–H groups in total. The van der Waals surface area contributed by atoms with Crippen LogP contribution in [0.15, 0.2) is 12.1 Å². The second-order valence-corrected chi connectivity index (χ2v) is 7.98. The molecule has 0 heterocycles. The summed E-state index contributed by atoms with van der Waals surface area (Å²) in [5.74, 6) is 0.0564. The molecule has 1 rings (SSSR count). The summed E-state index contributed by atoms with van der Waals surface area (Å²) in [6.45, 7) is 5.15. The number of anilines is 1. The Morgan fingerprint density at radius 3 is 2.14 bits per heavy atom. The summed E-state index contributed by atoms with van der Waals surface area (Å²) < 4.78 is 47.7. The van der Waals surface area contributed by atoms with Gasteiger partial charge in [0.15, 0.2) is 0 Å². The van der Waals surface area contributed by atoms with Gasteiger partial charge < -0.3 is 19.9 Å². The van der Waals surface area contributed by atoms with Crippen molar-refractivity contribution in [3.63, 3.8) is 0 Å². The van der Waals surface area contributed by atoms with Crippen LogP contribution < -0.4 is 10.1 Å². The first-order valence-corrected chi connectivity index (χ1v) is 8.25. The molecule has 0 spiro atoms. The van der Waals surface area contributed by atoms with Gasteiger partial charge in [-0.2, -0.15) is 13.2 Å². The number of rotatable bonds is 4. The van der Waals surface area contributed by atoms with E-state index < -0.39 is 21.3 Å². The van der Waals surface area contributed by atoms with Crippen LogP contribution in [0.1, 0.15) is 26.3 Å². The zero-order chi connectivity index (χ0) is 17.3. The van der Waals surface area contributed by atoms with E-state index in [1.54, 1.807) is 43.4 Å². The highest BCUT2D eigenvalue weighted by molar-refractivity contribution is 14.1. The van der Waals surface area contributed by atoms with Crippen molar-refractivity contribution in [1.29, 1.82) is 0 Å². The monoisotopic (exact) mass is 545 g/mol. The van der Waals surface area contributed by atoms with Crippen LogP contribution in [0.5, 0.6) is 5.75 Å². The van der Waals surface area contributed by atoms with E-state index in [4.69, 9.17) is 9.47 Å². The van der Waals surface area contributed by atoms with Crippen molar-refractivity contribution in [3.8, 4) is 5.75 Å². The average Bonchev–Trinajstić information content (AvgIpc) is 2.26. The van der Waals surface area contributed by atoms with Gasteiger partial charge in [0.05, 0.1) is 27.5 Å². The third kappa shape index (κ3) is 5.89. The Hall–Kier alpha value is -0.0100. The van der Waals surface area contributed by atoms with Crippen LogP contribution in [-0.2, 0) is 10.9 Å². The normalized spacial score (nSPS) is 15.4. The minimum Gasteiger partial charge on any atom is -0.496 e. The van der Waals surface area contributed by atoms with Crippen LogP contribution in [-0.4, -0.2) is 21.7 Å². The Kier molecular flexibility index (Phi) is 6.24. The average molecular weight is 545 g/mol. The molecule has 9 heteroatoms. The van der Waals surface area contributed by atoms with Crippen LogP contribution in [0.25, 0.3) is 0 Å².